The van der Waals surface area contributed by atoms with Gasteiger partial charge in [0, 0.05) is 19.0 Å². The molecule has 2 N–H and O–H groups in total. The number of hydrogen-bond acceptors (Lipinski definition) is 3. The van der Waals surface area contributed by atoms with Crippen molar-refractivity contribution in [3.63, 3.8) is 0 Å². The van der Waals surface area contributed by atoms with Crippen LogP contribution in [0.2, 0.25) is 0 Å². The third-order valence-electron chi connectivity index (χ3n) is 4.47. The number of hydrogen-bond donors (Lipinski definition) is 1. The summed E-state index contributed by atoms with van der Waals surface area (Å²) in [7, 11) is 1.89. The van der Waals surface area contributed by atoms with E-state index in [1.54, 1.807) is 4.90 Å². The summed E-state index contributed by atoms with van der Waals surface area (Å²) < 4.78 is 1.81. The van der Waals surface area contributed by atoms with Crippen LogP contribution in [0, 0.1) is 5.92 Å². The van der Waals surface area contributed by atoms with Crippen molar-refractivity contribution in [3.8, 4) is 0 Å². The van der Waals surface area contributed by atoms with Crippen molar-refractivity contribution in [1.29, 1.82) is 0 Å². The number of benzene rings is 1. The third kappa shape index (κ3) is 2.34. The van der Waals surface area contributed by atoms with Gasteiger partial charge in [0.2, 0.25) is 0 Å². The summed E-state index contributed by atoms with van der Waals surface area (Å²) in [5, 5.41) is 5.31. The highest BCUT2D eigenvalue weighted by atomic mass is 16.2. The number of nitrogens with zero attached hydrogens (tertiary/aromatic N) is 3. The van der Waals surface area contributed by atoms with Gasteiger partial charge in [-0.25, -0.2) is 0 Å². The molecule has 0 aliphatic carbocycles. The molecule has 1 aromatic carbocycles. The van der Waals surface area contributed by atoms with Gasteiger partial charge in [-0.1, -0.05) is 19.1 Å². The quantitative estimate of drug-likeness (QED) is 0.807. The summed E-state index contributed by atoms with van der Waals surface area (Å²) >= 11 is 0. The molecular formula is C16H20N4O2. The van der Waals surface area contributed by atoms with E-state index in [9.17, 15) is 9.59 Å². The predicted molar refractivity (Wildman–Crippen MR) is 82.8 cm³/mol. The Balaban J connectivity index is 2.06. The van der Waals surface area contributed by atoms with Crippen LogP contribution in [-0.4, -0.2) is 33.0 Å². The van der Waals surface area contributed by atoms with E-state index < -0.39 is 11.8 Å². The topological polar surface area (TPSA) is 81.2 Å². The molecule has 1 saturated heterocycles. The second-order valence-corrected chi connectivity index (χ2v) is 6.07. The minimum Gasteiger partial charge on any atom is -0.361 e. The van der Waals surface area contributed by atoms with Crippen molar-refractivity contribution in [1.82, 2.24) is 14.7 Å². The van der Waals surface area contributed by atoms with Gasteiger partial charge in [-0.15, -0.1) is 0 Å². The standard InChI is InChI=1S/C16H20N4O2/c1-10-6-7-14(20(9-10)16(22)15(17)21)11-4-3-5-13-12(11)8-18-19(13)2/h3-5,8,10,14H,6-7,9H2,1-2H3,(H2,17,21)/t10-,14+/m0/s1. The Bertz CT molecular complexity index is 737. The zero-order chi connectivity index (χ0) is 15.9. The summed E-state index contributed by atoms with van der Waals surface area (Å²) in [6, 6.07) is 5.84. The lowest BCUT2D eigenvalue weighted by Crippen LogP contribution is -2.46. The lowest BCUT2D eigenvalue weighted by atomic mass is 9.88. The Morgan fingerprint density at radius 3 is 2.82 bits per heavy atom. The number of carbonyl (C=O) groups excluding carboxylic acids is 2. The maximum atomic E-state index is 12.2. The van der Waals surface area contributed by atoms with Crippen molar-refractivity contribution in [2.24, 2.45) is 18.7 Å². The van der Waals surface area contributed by atoms with Gasteiger partial charge in [0.1, 0.15) is 0 Å². The van der Waals surface area contributed by atoms with Crippen LogP contribution in [0.15, 0.2) is 24.4 Å². The van der Waals surface area contributed by atoms with Crippen LogP contribution in [-0.2, 0) is 16.6 Å². The van der Waals surface area contributed by atoms with Crippen molar-refractivity contribution in [2.75, 3.05) is 6.54 Å². The molecule has 0 bridgehead atoms. The minimum absolute atomic E-state index is 0.121. The van der Waals surface area contributed by atoms with Crippen LogP contribution in [0.3, 0.4) is 0 Å². The molecule has 0 saturated carbocycles. The van der Waals surface area contributed by atoms with Crippen molar-refractivity contribution < 1.29 is 9.59 Å². The molecule has 2 amide bonds. The van der Waals surface area contributed by atoms with Crippen molar-refractivity contribution in [3.05, 3.63) is 30.0 Å². The number of aryl methyl sites for hydroxylation is 1. The molecule has 0 unspecified atom stereocenters. The first kappa shape index (κ1) is 14.6. The highest BCUT2D eigenvalue weighted by Gasteiger charge is 2.34. The molecule has 1 aliphatic heterocycles. The molecular weight excluding hydrogens is 280 g/mol. The first-order valence-electron chi connectivity index (χ1n) is 7.50. The Labute approximate surface area is 128 Å². The van der Waals surface area contributed by atoms with Gasteiger partial charge in [0.25, 0.3) is 0 Å². The van der Waals surface area contributed by atoms with Crippen LogP contribution in [0.25, 0.3) is 10.9 Å². The number of rotatable bonds is 1. The molecule has 2 aromatic rings. The van der Waals surface area contributed by atoms with Gasteiger partial charge in [-0.3, -0.25) is 14.3 Å². The summed E-state index contributed by atoms with van der Waals surface area (Å²) in [6.45, 7) is 2.64. The predicted octanol–water partition coefficient (Wildman–Crippen LogP) is 1.36. The Morgan fingerprint density at radius 2 is 2.09 bits per heavy atom. The Morgan fingerprint density at radius 1 is 1.32 bits per heavy atom. The molecule has 22 heavy (non-hydrogen) atoms. The third-order valence-corrected chi connectivity index (χ3v) is 4.47. The number of likely N-dealkylation sites (tertiary alicyclic amines) is 1. The number of carbonyl (C=O) groups is 2. The summed E-state index contributed by atoms with van der Waals surface area (Å²) in [5.41, 5.74) is 7.27. The Kier molecular flexibility index (Phi) is 3.60. The first-order chi connectivity index (χ1) is 10.5. The number of amides is 2. The zero-order valence-corrected chi connectivity index (χ0v) is 12.8. The van der Waals surface area contributed by atoms with E-state index in [4.69, 9.17) is 5.73 Å². The van der Waals surface area contributed by atoms with Crippen LogP contribution in [0.5, 0.6) is 0 Å². The lowest BCUT2D eigenvalue weighted by Gasteiger charge is -2.38. The lowest BCUT2D eigenvalue weighted by molar-refractivity contribution is -0.147. The van der Waals surface area contributed by atoms with E-state index in [-0.39, 0.29) is 6.04 Å². The molecule has 1 aromatic heterocycles. The molecule has 3 rings (SSSR count). The fourth-order valence-corrected chi connectivity index (χ4v) is 3.33. The van der Waals surface area contributed by atoms with E-state index in [2.05, 4.69) is 12.0 Å². The van der Waals surface area contributed by atoms with E-state index >= 15 is 0 Å². The van der Waals surface area contributed by atoms with E-state index in [1.807, 2.05) is 36.1 Å². The monoisotopic (exact) mass is 300 g/mol. The normalized spacial score (nSPS) is 22.0. The number of piperidine rings is 1. The van der Waals surface area contributed by atoms with Gasteiger partial charge >= 0.3 is 11.8 Å². The second-order valence-electron chi connectivity index (χ2n) is 6.07. The van der Waals surface area contributed by atoms with Gasteiger partial charge < -0.3 is 10.6 Å². The zero-order valence-electron chi connectivity index (χ0n) is 12.8. The van der Waals surface area contributed by atoms with Gasteiger partial charge in [0.15, 0.2) is 0 Å². The first-order valence-corrected chi connectivity index (χ1v) is 7.50. The summed E-state index contributed by atoms with van der Waals surface area (Å²) in [5.74, 6) is -1.12. The second kappa shape index (κ2) is 5.44. The smallest absolute Gasteiger partial charge is 0.312 e. The van der Waals surface area contributed by atoms with Gasteiger partial charge in [-0.2, -0.15) is 5.10 Å². The summed E-state index contributed by atoms with van der Waals surface area (Å²) in [6.07, 6.45) is 3.66. The van der Waals surface area contributed by atoms with Crippen molar-refractivity contribution >= 4 is 22.7 Å². The largest absolute Gasteiger partial charge is 0.361 e. The fraction of sp³-hybridized carbons (Fsp3) is 0.438. The maximum absolute atomic E-state index is 12.2. The molecule has 1 fully saturated rings. The average molecular weight is 300 g/mol. The van der Waals surface area contributed by atoms with E-state index in [0.29, 0.717) is 12.5 Å². The van der Waals surface area contributed by atoms with Crippen LogP contribution < -0.4 is 5.73 Å². The highest BCUT2D eigenvalue weighted by molar-refractivity contribution is 6.34. The average Bonchev–Trinajstić information content (AvgIpc) is 2.88. The molecule has 0 radical (unpaired) electrons. The molecule has 116 valence electrons. The summed E-state index contributed by atoms with van der Waals surface area (Å²) in [4.78, 5) is 25.2. The van der Waals surface area contributed by atoms with Crippen molar-refractivity contribution in [2.45, 2.75) is 25.8 Å². The molecule has 0 spiro atoms. The number of fused-ring (bicyclic) bond motifs is 1. The number of nitrogens with two attached hydrogens (primary N) is 1. The molecule has 6 nitrogen and oxygen atoms in total. The molecule has 1 aliphatic rings. The fourth-order valence-electron chi connectivity index (χ4n) is 3.33. The van der Waals surface area contributed by atoms with Gasteiger partial charge in [0.05, 0.1) is 17.8 Å². The van der Waals surface area contributed by atoms with Crippen LogP contribution >= 0.6 is 0 Å². The number of aromatic nitrogens is 2. The van der Waals surface area contributed by atoms with Crippen LogP contribution in [0.1, 0.15) is 31.4 Å². The van der Waals surface area contributed by atoms with E-state index in [0.717, 1.165) is 29.3 Å². The highest BCUT2D eigenvalue weighted by Crippen LogP contribution is 2.36. The van der Waals surface area contributed by atoms with Crippen LogP contribution in [0.4, 0.5) is 0 Å². The SMILES string of the molecule is C[C@H]1CC[C@H](c2cccc3c2cnn3C)N(C(=O)C(N)=O)C1. The Hall–Kier alpha value is -2.37. The maximum Gasteiger partial charge on any atom is 0.312 e. The number of primary amides is 1. The van der Waals surface area contributed by atoms with E-state index in [1.165, 1.54) is 0 Å². The molecule has 2 heterocycles. The minimum atomic E-state index is -0.891. The van der Waals surface area contributed by atoms with Gasteiger partial charge in [-0.05, 0) is 30.4 Å². The molecule has 2 atom stereocenters. The molecule has 6 heteroatoms.